The summed E-state index contributed by atoms with van der Waals surface area (Å²) in [5.74, 6) is -1.15. The number of hydrogen-bond acceptors (Lipinski definition) is 6. The highest BCUT2D eigenvalue weighted by Crippen LogP contribution is 2.40. The van der Waals surface area contributed by atoms with Crippen LogP contribution < -0.4 is 9.92 Å². The van der Waals surface area contributed by atoms with Crippen LogP contribution >= 0.6 is 12.0 Å². The Labute approximate surface area is 193 Å². The molecule has 0 bridgehead atoms. The molecule has 2 N–H and O–H groups in total. The standard InChI is InChI=1S/C21H26F3N3O5S/c1-20(2,31-3)11-17-14-10-13(32-33-21(22,23)24)7-6-12(14)9-16(27(17)30)19(29)26-8-4-5-15(26)18(25)28/h6-7,10,15-17H,4-5,8-9,11H2,1-3H3,(H-,25,28)/p+1. The Hall–Kier alpha value is -2.34. The van der Waals surface area contributed by atoms with E-state index in [9.17, 15) is 27.7 Å². The van der Waals surface area contributed by atoms with Gasteiger partial charge in [0.15, 0.2) is 12.0 Å². The number of nitrogens with two attached hydrogens (primary N) is 1. The quantitative estimate of drug-likeness (QED) is 0.465. The van der Waals surface area contributed by atoms with Crippen molar-refractivity contribution in [3.63, 3.8) is 0 Å². The van der Waals surface area contributed by atoms with Crippen molar-refractivity contribution >= 4 is 23.9 Å². The van der Waals surface area contributed by atoms with E-state index in [0.29, 0.717) is 35.3 Å². The number of nitroso groups, excluding NO2 is 1. The summed E-state index contributed by atoms with van der Waals surface area (Å²) in [5.41, 5.74) is 1.23. The molecule has 2 amide bonds. The van der Waals surface area contributed by atoms with Crippen LogP contribution in [0.1, 0.15) is 50.3 Å². The molecule has 3 unspecified atom stereocenters. The third-order valence-electron chi connectivity index (χ3n) is 6.12. The third kappa shape index (κ3) is 5.78. The van der Waals surface area contributed by atoms with Gasteiger partial charge in [0, 0.05) is 41.7 Å². The second-order valence-corrected chi connectivity index (χ2v) is 9.62. The van der Waals surface area contributed by atoms with Gasteiger partial charge in [0.05, 0.1) is 5.60 Å². The Balaban J connectivity index is 1.95. The molecule has 182 valence electrons. The fraction of sp³-hybridized carbons (Fsp3) is 0.619. The second-order valence-electron chi connectivity index (χ2n) is 8.83. The van der Waals surface area contributed by atoms with Crippen molar-refractivity contribution in [3.05, 3.63) is 34.2 Å². The van der Waals surface area contributed by atoms with Crippen LogP contribution in [-0.2, 0) is 20.7 Å². The van der Waals surface area contributed by atoms with Crippen LogP contribution in [0, 0.1) is 4.91 Å². The molecular formula is C21H27F3N3O5S+. The van der Waals surface area contributed by atoms with Gasteiger partial charge in [-0.2, -0.15) is 13.2 Å². The van der Waals surface area contributed by atoms with E-state index in [1.807, 2.05) is 0 Å². The van der Waals surface area contributed by atoms with Gasteiger partial charge >= 0.3 is 5.51 Å². The van der Waals surface area contributed by atoms with Gasteiger partial charge in [-0.05, 0) is 44.4 Å². The molecule has 1 aromatic rings. The average molecular weight is 491 g/mol. The molecule has 33 heavy (non-hydrogen) atoms. The van der Waals surface area contributed by atoms with E-state index in [-0.39, 0.29) is 18.6 Å². The summed E-state index contributed by atoms with van der Waals surface area (Å²) in [5, 5.41) is 0. The van der Waals surface area contributed by atoms with Crippen molar-refractivity contribution in [2.75, 3.05) is 13.7 Å². The molecule has 0 spiro atoms. The monoisotopic (exact) mass is 490 g/mol. The molecule has 2 aliphatic rings. The van der Waals surface area contributed by atoms with Crippen molar-refractivity contribution in [3.8, 4) is 5.75 Å². The number of fused-ring (bicyclic) bond motifs is 1. The summed E-state index contributed by atoms with van der Waals surface area (Å²) in [7, 11) is 1.49. The molecule has 0 aromatic heterocycles. The number of nitrogens with zero attached hydrogens (tertiary/aromatic N) is 2. The van der Waals surface area contributed by atoms with E-state index >= 15 is 0 Å². The summed E-state index contributed by atoms with van der Waals surface area (Å²) in [6, 6.07) is 1.63. The lowest BCUT2D eigenvalue weighted by atomic mass is 9.84. The highest BCUT2D eigenvalue weighted by Gasteiger charge is 2.51. The van der Waals surface area contributed by atoms with Gasteiger partial charge in [-0.25, -0.2) is 0 Å². The molecule has 0 saturated carbocycles. The van der Waals surface area contributed by atoms with E-state index in [0.717, 1.165) is 0 Å². The first-order valence-electron chi connectivity index (χ1n) is 10.5. The van der Waals surface area contributed by atoms with E-state index in [1.54, 1.807) is 19.9 Å². The molecule has 12 heteroatoms. The Morgan fingerprint density at radius 2 is 2.00 bits per heavy atom. The van der Waals surface area contributed by atoms with Crippen LogP contribution in [0.25, 0.3) is 0 Å². The molecule has 1 fully saturated rings. The van der Waals surface area contributed by atoms with Gasteiger partial charge in [0.1, 0.15) is 11.8 Å². The second kappa shape index (κ2) is 9.49. The Morgan fingerprint density at radius 1 is 1.30 bits per heavy atom. The number of benzene rings is 1. The lowest BCUT2D eigenvalue weighted by molar-refractivity contribution is -0.622. The number of carbonyl (C=O) groups excluding carboxylic acids is 2. The van der Waals surface area contributed by atoms with E-state index < -0.39 is 53.1 Å². The van der Waals surface area contributed by atoms with E-state index in [1.165, 1.54) is 24.1 Å². The number of hydrogen-bond donors (Lipinski definition) is 1. The predicted molar refractivity (Wildman–Crippen MR) is 114 cm³/mol. The molecule has 2 heterocycles. The maximum Gasteiger partial charge on any atom is 0.479 e. The lowest BCUT2D eigenvalue weighted by Crippen LogP contribution is -2.53. The number of methoxy groups -OCH3 is 1. The molecule has 8 nitrogen and oxygen atoms in total. The molecular weight excluding hydrogens is 463 g/mol. The molecule has 3 atom stereocenters. The van der Waals surface area contributed by atoms with Gasteiger partial charge < -0.3 is 19.6 Å². The smallest absolute Gasteiger partial charge is 0.417 e. The van der Waals surface area contributed by atoms with Gasteiger partial charge in [-0.3, -0.25) is 9.59 Å². The maximum atomic E-state index is 13.5. The van der Waals surface area contributed by atoms with Gasteiger partial charge in [0.25, 0.3) is 11.9 Å². The number of ether oxygens (including phenoxy) is 1. The molecule has 3 rings (SSSR count). The zero-order valence-electron chi connectivity index (χ0n) is 18.6. The first-order chi connectivity index (χ1) is 15.3. The summed E-state index contributed by atoms with van der Waals surface area (Å²) in [6.07, 6.45) is 1.29. The number of halogens is 3. The average Bonchev–Trinajstić information content (AvgIpc) is 3.23. The first-order valence-corrected chi connectivity index (χ1v) is 11.2. The zero-order valence-corrected chi connectivity index (χ0v) is 19.4. The van der Waals surface area contributed by atoms with Crippen LogP contribution in [0.2, 0.25) is 0 Å². The Bertz CT molecular complexity index is 940. The molecule has 2 aliphatic heterocycles. The van der Waals surface area contributed by atoms with Gasteiger partial charge in [0.2, 0.25) is 11.9 Å². The molecule has 0 radical (unpaired) electrons. The zero-order chi connectivity index (χ0) is 24.6. The molecule has 1 saturated heterocycles. The number of alkyl halides is 3. The predicted octanol–water partition coefficient (Wildman–Crippen LogP) is 3.27. The fourth-order valence-electron chi connectivity index (χ4n) is 4.33. The largest absolute Gasteiger partial charge is 0.479 e. The van der Waals surface area contributed by atoms with Crippen LogP contribution in [-0.4, -0.2) is 58.3 Å². The van der Waals surface area contributed by atoms with E-state index in [2.05, 4.69) is 0 Å². The minimum atomic E-state index is -4.58. The fourth-order valence-corrected chi connectivity index (χ4v) is 4.63. The van der Waals surface area contributed by atoms with Crippen molar-refractivity contribution < 1.29 is 36.4 Å². The SMILES string of the molecule is COC(C)(C)CC1c2cc(OSC(F)(F)F)ccc2CC(C(=O)N2CCCC2C(N)=O)[N+]1=O. The normalized spacial score (nSPS) is 23.4. The number of primary amides is 1. The van der Waals surface area contributed by atoms with Crippen molar-refractivity contribution in [1.29, 1.82) is 0 Å². The minimum absolute atomic E-state index is 0.0518. The molecule has 1 aromatic carbocycles. The van der Waals surface area contributed by atoms with Crippen LogP contribution in [0.3, 0.4) is 0 Å². The number of likely N-dealkylation sites (tertiary alicyclic amines) is 1. The lowest BCUT2D eigenvalue weighted by Gasteiger charge is -2.31. The van der Waals surface area contributed by atoms with E-state index in [4.69, 9.17) is 14.7 Å². The van der Waals surface area contributed by atoms with Gasteiger partial charge in [-0.1, -0.05) is 6.07 Å². The summed E-state index contributed by atoms with van der Waals surface area (Å²) < 4.78 is 48.6. The highest BCUT2D eigenvalue weighted by molar-refractivity contribution is 7.95. The number of carbonyl (C=O) groups is 2. The van der Waals surface area contributed by atoms with Crippen LogP contribution in [0.4, 0.5) is 13.2 Å². The first kappa shape index (κ1) is 25.3. The Morgan fingerprint density at radius 3 is 2.61 bits per heavy atom. The van der Waals surface area contributed by atoms with Crippen molar-refractivity contribution in [2.45, 2.75) is 68.8 Å². The number of rotatable bonds is 7. The van der Waals surface area contributed by atoms with Crippen molar-refractivity contribution in [2.24, 2.45) is 5.73 Å². The third-order valence-corrected chi connectivity index (χ3v) is 6.59. The highest BCUT2D eigenvalue weighted by atomic mass is 32.2. The van der Waals surface area contributed by atoms with Crippen LogP contribution in [0.5, 0.6) is 5.75 Å². The van der Waals surface area contributed by atoms with Crippen LogP contribution in [0.15, 0.2) is 18.2 Å². The number of amides is 2. The van der Waals surface area contributed by atoms with Gasteiger partial charge in [-0.15, -0.1) is 0 Å². The van der Waals surface area contributed by atoms with Crippen molar-refractivity contribution in [1.82, 2.24) is 4.90 Å². The minimum Gasteiger partial charge on any atom is -0.417 e. The Kier molecular flexibility index (Phi) is 7.27. The summed E-state index contributed by atoms with van der Waals surface area (Å²) in [6.45, 7) is 3.88. The topological polar surface area (TPSA) is 102 Å². The maximum absolute atomic E-state index is 13.5. The molecule has 0 aliphatic carbocycles. The summed E-state index contributed by atoms with van der Waals surface area (Å²) >= 11 is -0.639. The summed E-state index contributed by atoms with van der Waals surface area (Å²) in [4.78, 5) is 39.9.